The second kappa shape index (κ2) is 5.93. The van der Waals surface area contributed by atoms with Gasteiger partial charge in [0.05, 0.1) is 5.56 Å². The van der Waals surface area contributed by atoms with Crippen LogP contribution in [0.25, 0.3) is 11.5 Å². The maximum absolute atomic E-state index is 14.2. The minimum Gasteiger partial charge on any atom is -0.420 e. The smallest absolute Gasteiger partial charge is 0.250 e. The molecule has 0 unspecified atom stereocenters. The van der Waals surface area contributed by atoms with Crippen LogP contribution in [0, 0.1) is 5.82 Å². The molecule has 21 heavy (non-hydrogen) atoms. The van der Waals surface area contributed by atoms with Crippen molar-refractivity contribution in [3.05, 3.63) is 35.5 Å². The molecule has 0 aliphatic carbocycles. The summed E-state index contributed by atoms with van der Waals surface area (Å²) < 4.78 is 25.2. The van der Waals surface area contributed by atoms with E-state index in [9.17, 15) is 4.39 Å². The average Bonchev–Trinajstić information content (AvgIpc) is 2.97. The number of aromatic nitrogens is 2. The van der Waals surface area contributed by atoms with E-state index in [1.807, 2.05) is 19.9 Å². The Bertz CT molecular complexity index is 618. The van der Waals surface area contributed by atoms with Crippen molar-refractivity contribution in [1.82, 2.24) is 10.2 Å². The van der Waals surface area contributed by atoms with Gasteiger partial charge < -0.3 is 9.15 Å². The summed E-state index contributed by atoms with van der Waals surface area (Å²) in [4.78, 5) is 0. The van der Waals surface area contributed by atoms with Crippen molar-refractivity contribution in [2.75, 3.05) is 13.2 Å². The molecule has 1 aliphatic heterocycles. The zero-order chi connectivity index (χ0) is 14.8. The van der Waals surface area contributed by atoms with Crippen LogP contribution in [0.5, 0.6) is 0 Å². The Kier molecular flexibility index (Phi) is 4.01. The third kappa shape index (κ3) is 2.97. The number of nitrogens with zero attached hydrogens (tertiary/aromatic N) is 2. The number of hydrogen-bond donors (Lipinski definition) is 0. The first-order valence-corrected chi connectivity index (χ1v) is 7.36. The zero-order valence-electron chi connectivity index (χ0n) is 12.3. The average molecular weight is 290 g/mol. The Labute approximate surface area is 123 Å². The number of benzene rings is 1. The Morgan fingerprint density at radius 1 is 1.19 bits per heavy atom. The molecule has 0 atom stereocenters. The van der Waals surface area contributed by atoms with E-state index in [0.29, 0.717) is 24.7 Å². The van der Waals surface area contributed by atoms with Gasteiger partial charge >= 0.3 is 0 Å². The fourth-order valence-corrected chi connectivity index (χ4v) is 2.52. The highest BCUT2D eigenvalue weighted by Crippen LogP contribution is 2.30. The Morgan fingerprint density at radius 2 is 1.95 bits per heavy atom. The van der Waals surface area contributed by atoms with Crippen LogP contribution >= 0.6 is 0 Å². The molecule has 1 aliphatic rings. The minimum absolute atomic E-state index is 0.220. The molecule has 0 radical (unpaired) electrons. The van der Waals surface area contributed by atoms with E-state index >= 15 is 0 Å². The van der Waals surface area contributed by atoms with Gasteiger partial charge in [-0.2, -0.15) is 0 Å². The minimum atomic E-state index is -0.316. The summed E-state index contributed by atoms with van der Waals surface area (Å²) in [6.07, 6.45) is 1.74. The van der Waals surface area contributed by atoms with Gasteiger partial charge in [0.25, 0.3) is 5.89 Å². The first kappa shape index (κ1) is 14.2. The van der Waals surface area contributed by atoms with E-state index in [-0.39, 0.29) is 23.5 Å². The monoisotopic (exact) mass is 290 g/mol. The van der Waals surface area contributed by atoms with Gasteiger partial charge in [-0.15, -0.1) is 10.2 Å². The lowest BCUT2D eigenvalue weighted by Gasteiger charge is -2.18. The molecule has 112 valence electrons. The molecule has 4 nitrogen and oxygen atoms in total. The molecule has 1 aromatic heterocycles. The Balaban J connectivity index is 1.85. The van der Waals surface area contributed by atoms with Gasteiger partial charge in [0.2, 0.25) is 5.89 Å². The van der Waals surface area contributed by atoms with Gasteiger partial charge in [0.1, 0.15) is 5.82 Å². The van der Waals surface area contributed by atoms with Gasteiger partial charge in [-0.25, -0.2) is 4.39 Å². The molecule has 0 bridgehead atoms. The highest BCUT2D eigenvalue weighted by molar-refractivity contribution is 5.54. The number of halogens is 1. The van der Waals surface area contributed by atoms with Crippen LogP contribution in [-0.4, -0.2) is 23.4 Å². The summed E-state index contributed by atoms with van der Waals surface area (Å²) in [5.74, 6) is 1.03. The van der Waals surface area contributed by atoms with Crippen molar-refractivity contribution in [2.24, 2.45) is 0 Å². The second-order valence-electron chi connectivity index (χ2n) is 5.73. The molecule has 0 amide bonds. The van der Waals surface area contributed by atoms with E-state index in [0.717, 1.165) is 18.4 Å². The van der Waals surface area contributed by atoms with E-state index in [2.05, 4.69) is 10.2 Å². The number of ether oxygens (including phenoxy) is 1. The van der Waals surface area contributed by atoms with Crippen molar-refractivity contribution in [2.45, 2.75) is 38.5 Å². The largest absolute Gasteiger partial charge is 0.420 e. The van der Waals surface area contributed by atoms with E-state index in [4.69, 9.17) is 9.15 Å². The summed E-state index contributed by atoms with van der Waals surface area (Å²) in [6.45, 7) is 5.48. The van der Waals surface area contributed by atoms with Crippen molar-refractivity contribution < 1.29 is 13.5 Å². The van der Waals surface area contributed by atoms with Crippen LogP contribution in [0.3, 0.4) is 0 Å². The van der Waals surface area contributed by atoms with Crippen molar-refractivity contribution >= 4 is 0 Å². The first-order valence-electron chi connectivity index (χ1n) is 7.36. The van der Waals surface area contributed by atoms with Crippen LogP contribution in [0.15, 0.2) is 22.6 Å². The molecule has 3 rings (SSSR count). The lowest BCUT2D eigenvalue weighted by Crippen LogP contribution is -2.14. The SMILES string of the molecule is CC(C)c1ccc(-c2nnc(C3CCOCC3)o2)c(F)c1. The van der Waals surface area contributed by atoms with Gasteiger partial charge in [-0.3, -0.25) is 0 Å². The predicted octanol–water partition coefficient (Wildman–Crippen LogP) is 3.89. The number of rotatable bonds is 3. The maximum atomic E-state index is 14.2. The van der Waals surface area contributed by atoms with E-state index in [1.165, 1.54) is 0 Å². The van der Waals surface area contributed by atoms with Crippen LogP contribution < -0.4 is 0 Å². The standard InChI is InChI=1S/C16H19FN2O2/c1-10(2)12-3-4-13(14(17)9-12)16-19-18-15(21-16)11-5-7-20-8-6-11/h3-4,9-11H,5-8H2,1-2H3. The third-order valence-electron chi connectivity index (χ3n) is 3.90. The molecule has 0 saturated carbocycles. The summed E-state index contributed by atoms with van der Waals surface area (Å²) in [5.41, 5.74) is 1.32. The topological polar surface area (TPSA) is 48.2 Å². The summed E-state index contributed by atoms with van der Waals surface area (Å²) in [5, 5.41) is 8.08. The van der Waals surface area contributed by atoms with Gasteiger partial charge in [-0.1, -0.05) is 19.9 Å². The highest BCUT2D eigenvalue weighted by atomic mass is 19.1. The molecule has 1 saturated heterocycles. The molecule has 1 fully saturated rings. The van der Waals surface area contributed by atoms with E-state index in [1.54, 1.807) is 12.1 Å². The fourth-order valence-electron chi connectivity index (χ4n) is 2.52. The first-order chi connectivity index (χ1) is 10.1. The van der Waals surface area contributed by atoms with Gasteiger partial charge in [0, 0.05) is 19.1 Å². The number of hydrogen-bond acceptors (Lipinski definition) is 4. The molecule has 5 heteroatoms. The van der Waals surface area contributed by atoms with Crippen molar-refractivity contribution in [1.29, 1.82) is 0 Å². The van der Waals surface area contributed by atoms with E-state index < -0.39 is 0 Å². The normalized spacial score (nSPS) is 16.6. The third-order valence-corrected chi connectivity index (χ3v) is 3.90. The lowest BCUT2D eigenvalue weighted by molar-refractivity contribution is 0.0795. The molecule has 0 N–H and O–H groups in total. The molecular weight excluding hydrogens is 271 g/mol. The van der Waals surface area contributed by atoms with Crippen LogP contribution in [0.2, 0.25) is 0 Å². The summed E-state index contributed by atoms with van der Waals surface area (Å²) in [6, 6.07) is 5.16. The van der Waals surface area contributed by atoms with Gasteiger partial charge in [-0.05, 0) is 36.5 Å². The lowest BCUT2D eigenvalue weighted by atomic mass is 10.0. The second-order valence-corrected chi connectivity index (χ2v) is 5.73. The van der Waals surface area contributed by atoms with Crippen LogP contribution in [0.1, 0.15) is 50.0 Å². The maximum Gasteiger partial charge on any atom is 0.250 e. The quantitative estimate of drug-likeness (QED) is 0.860. The molecule has 2 aromatic rings. The molecule has 2 heterocycles. The summed E-state index contributed by atoms with van der Waals surface area (Å²) in [7, 11) is 0. The zero-order valence-corrected chi connectivity index (χ0v) is 12.3. The summed E-state index contributed by atoms with van der Waals surface area (Å²) >= 11 is 0. The highest BCUT2D eigenvalue weighted by Gasteiger charge is 2.23. The molecule has 1 aromatic carbocycles. The Morgan fingerprint density at radius 3 is 2.62 bits per heavy atom. The van der Waals surface area contributed by atoms with Gasteiger partial charge in [0.15, 0.2) is 0 Å². The van der Waals surface area contributed by atoms with Crippen molar-refractivity contribution in [3.63, 3.8) is 0 Å². The van der Waals surface area contributed by atoms with Crippen LogP contribution in [-0.2, 0) is 4.74 Å². The Hall–Kier alpha value is -1.75. The molecular formula is C16H19FN2O2. The van der Waals surface area contributed by atoms with Crippen LogP contribution in [0.4, 0.5) is 4.39 Å². The predicted molar refractivity (Wildman–Crippen MR) is 76.6 cm³/mol. The fraction of sp³-hybridized carbons (Fsp3) is 0.500. The van der Waals surface area contributed by atoms with Crippen molar-refractivity contribution in [3.8, 4) is 11.5 Å². The molecule has 0 spiro atoms.